The molecule has 0 fully saturated rings. The SMILES string of the molecule is Cc1cc(Br)cc(C)c1NCc1ccnc(C(N)=NO)c1. The van der Waals surface area contributed by atoms with Crippen LogP contribution >= 0.6 is 15.9 Å². The molecule has 0 aliphatic heterocycles. The fraction of sp³-hybridized carbons (Fsp3) is 0.200. The van der Waals surface area contributed by atoms with Gasteiger partial charge in [0, 0.05) is 22.9 Å². The molecule has 0 spiro atoms. The minimum Gasteiger partial charge on any atom is -0.409 e. The van der Waals surface area contributed by atoms with Gasteiger partial charge >= 0.3 is 0 Å². The van der Waals surface area contributed by atoms with Gasteiger partial charge in [-0.1, -0.05) is 21.1 Å². The molecule has 2 rings (SSSR count). The van der Waals surface area contributed by atoms with Crippen molar-refractivity contribution in [2.45, 2.75) is 20.4 Å². The minimum atomic E-state index is 0.00727. The molecule has 5 nitrogen and oxygen atoms in total. The van der Waals surface area contributed by atoms with E-state index in [-0.39, 0.29) is 5.84 Å². The summed E-state index contributed by atoms with van der Waals surface area (Å²) >= 11 is 3.49. The first kappa shape index (κ1) is 15.3. The molecule has 1 heterocycles. The molecule has 110 valence electrons. The Bertz CT molecular complexity index is 662. The smallest absolute Gasteiger partial charge is 0.188 e. The highest BCUT2D eigenvalue weighted by Crippen LogP contribution is 2.25. The maximum Gasteiger partial charge on any atom is 0.188 e. The Hall–Kier alpha value is -2.08. The third kappa shape index (κ3) is 3.72. The number of nitrogens with one attached hydrogen (secondary N) is 1. The van der Waals surface area contributed by atoms with E-state index < -0.39 is 0 Å². The summed E-state index contributed by atoms with van der Waals surface area (Å²) in [5, 5.41) is 15.1. The Morgan fingerprint density at radius 3 is 2.62 bits per heavy atom. The van der Waals surface area contributed by atoms with E-state index in [1.54, 1.807) is 12.3 Å². The van der Waals surface area contributed by atoms with Crippen LogP contribution in [0.4, 0.5) is 5.69 Å². The number of nitrogens with two attached hydrogens (primary N) is 1. The highest BCUT2D eigenvalue weighted by atomic mass is 79.9. The van der Waals surface area contributed by atoms with E-state index in [2.05, 4.69) is 57.4 Å². The highest BCUT2D eigenvalue weighted by molar-refractivity contribution is 9.10. The molecule has 6 heteroatoms. The largest absolute Gasteiger partial charge is 0.409 e. The van der Waals surface area contributed by atoms with Crippen LogP contribution in [0.15, 0.2) is 40.1 Å². The second-order valence-electron chi connectivity index (χ2n) is 4.80. The van der Waals surface area contributed by atoms with Crippen LogP contribution in [-0.2, 0) is 6.54 Å². The molecule has 21 heavy (non-hydrogen) atoms. The number of hydrogen-bond donors (Lipinski definition) is 3. The van der Waals surface area contributed by atoms with E-state index in [1.807, 2.05) is 6.07 Å². The Morgan fingerprint density at radius 1 is 1.33 bits per heavy atom. The number of aromatic nitrogens is 1. The van der Waals surface area contributed by atoms with E-state index in [9.17, 15) is 0 Å². The van der Waals surface area contributed by atoms with Gasteiger partial charge in [-0.2, -0.15) is 0 Å². The molecule has 0 amide bonds. The fourth-order valence-corrected chi connectivity index (χ4v) is 2.84. The summed E-state index contributed by atoms with van der Waals surface area (Å²) in [4.78, 5) is 4.06. The number of amidine groups is 1. The summed E-state index contributed by atoms with van der Waals surface area (Å²) in [5.41, 5.74) is 10.5. The predicted octanol–water partition coefficient (Wildman–Crippen LogP) is 3.17. The molecule has 0 radical (unpaired) electrons. The van der Waals surface area contributed by atoms with E-state index >= 15 is 0 Å². The van der Waals surface area contributed by atoms with Crippen LogP contribution in [0.5, 0.6) is 0 Å². The Balaban J connectivity index is 2.17. The van der Waals surface area contributed by atoms with Gasteiger partial charge in [0.05, 0.1) is 0 Å². The molecule has 0 atom stereocenters. The first-order valence-electron chi connectivity index (χ1n) is 6.44. The number of halogens is 1. The van der Waals surface area contributed by atoms with Gasteiger partial charge in [-0.15, -0.1) is 0 Å². The van der Waals surface area contributed by atoms with Crippen molar-refractivity contribution in [3.05, 3.63) is 57.3 Å². The number of anilines is 1. The fourth-order valence-electron chi connectivity index (χ4n) is 2.16. The molecule has 0 bridgehead atoms. The van der Waals surface area contributed by atoms with Gasteiger partial charge < -0.3 is 16.3 Å². The number of oxime groups is 1. The number of rotatable bonds is 4. The zero-order chi connectivity index (χ0) is 15.4. The summed E-state index contributed by atoms with van der Waals surface area (Å²) in [7, 11) is 0. The third-order valence-corrected chi connectivity index (χ3v) is 3.62. The molecule has 0 saturated carbocycles. The minimum absolute atomic E-state index is 0.00727. The summed E-state index contributed by atoms with van der Waals surface area (Å²) in [6.07, 6.45) is 1.64. The van der Waals surface area contributed by atoms with Crippen LogP contribution < -0.4 is 11.1 Å². The lowest BCUT2D eigenvalue weighted by Crippen LogP contribution is -2.15. The molecule has 0 saturated heterocycles. The second kappa shape index (κ2) is 6.58. The van der Waals surface area contributed by atoms with Crippen molar-refractivity contribution in [1.82, 2.24) is 4.98 Å². The van der Waals surface area contributed by atoms with Crippen molar-refractivity contribution in [2.75, 3.05) is 5.32 Å². The van der Waals surface area contributed by atoms with Gasteiger partial charge in [0.2, 0.25) is 0 Å². The normalized spacial score (nSPS) is 11.5. The van der Waals surface area contributed by atoms with Crippen molar-refractivity contribution in [3.8, 4) is 0 Å². The van der Waals surface area contributed by atoms with Crippen molar-refractivity contribution >= 4 is 27.5 Å². The lowest BCUT2D eigenvalue weighted by atomic mass is 10.1. The first-order chi connectivity index (χ1) is 10.0. The molecule has 4 N–H and O–H groups in total. The molecule has 0 unspecified atom stereocenters. The maximum absolute atomic E-state index is 8.69. The average molecular weight is 349 g/mol. The number of pyridine rings is 1. The number of aryl methyl sites for hydroxylation is 2. The zero-order valence-electron chi connectivity index (χ0n) is 11.9. The van der Waals surface area contributed by atoms with E-state index in [0.717, 1.165) is 15.7 Å². The number of hydrogen-bond acceptors (Lipinski definition) is 4. The molecular weight excluding hydrogens is 332 g/mol. The molecular formula is C15H17BrN4O. The van der Waals surface area contributed by atoms with Crippen molar-refractivity contribution in [2.24, 2.45) is 10.9 Å². The molecule has 2 aromatic rings. The van der Waals surface area contributed by atoms with Crippen LogP contribution in [0.2, 0.25) is 0 Å². The van der Waals surface area contributed by atoms with Crippen LogP contribution in [0.25, 0.3) is 0 Å². The lowest BCUT2D eigenvalue weighted by Gasteiger charge is -2.13. The second-order valence-corrected chi connectivity index (χ2v) is 5.72. The number of nitrogens with zero attached hydrogens (tertiary/aromatic N) is 2. The average Bonchev–Trinajstić information content (AvgIpc) is 2.45. The lowest BCUT2D eigenvalue weighted by molar-refractivity contribution is 0.318. The summed E-state index contributed by atoms with van der Waals surface area (Å²) in [6, 6.07) is 7.84. The van der Waals surface area contributed by atoms with E-state index in [4.69, 9.17) is 10.9 Å². The van der Waals surface area contributed by atoms with Gasteiger partial charge in [-0.25, -0.2) is 0 Å². The molecule has 0 aliphatic carbocycles. The van der Waals surface area contributed by atoms with Gasteiger partial charge in [-0.05, 0) is 54.8 Å². The van der Waals surface area contributed by atoms with Crippen LogP contribution in [0.1, 0.15) is 22.4 Å². The van der Waals surface area contributed by atoms with Gasteiger partial charge in [0.15, 0.2) is 5.84 Å². The third-order valence-electron chi connectivity index (χ3n) is 3.16. The van der Waals surface area contributed by atoms with Crippen molar-refractivity contribution in [1.29, 1.82) is 0 Å². The molecule has 1 aromatic carbocycles. The van der Waals surface area contributed by atoms with Crippen molar-refractivity contribution in [3.63, 3.8) is 0 Å². The van der Waals surface area contributed by atoms with Crippen LogP contribution in [0.3, 0.4) is 0 Å². The van der Waals surface area contributed by atoms with E-state index in [1.165, 1.54) is 11.1 Å². The van der Waals surface area contributed by atoms with Crippen molar-refractivity contribution < 1.29 is 5.21 Å². The Kier molecular flexibility index (Phi) is 4.80. The summed E-state index contributed by atoms with van der Waals surface area (Å²) < 4.78 is 1.07. The van der Waals surface area contributed by atoms with Gasteiger partial charge in [0.25, 0.3) is 0 Å². The molecule has 1 aromatic heterocycles. The highest BCUT2D eigenvalue weighted by Gasteiger charge is 2.06. The van der Waals surface area contributed by atoms with Crippen LogP contribution in [0, 0.1) is 13.8 Å². The molecule has 0 aliphatic rings. The van der Waals surface area contributed by atoms with Gasteiger partial charge in [-0.3, -0.25) is 4.98 Å². The Labute approximate surface area is 132 Å². The zero-order valence-corrected chi connectivity index (χ0v) is 13.5. The van der Waals surface area contributed by atoms with E-state index in [0.29, 0.717) is 12.2 Å². The predicted molar refractivity (Wildman–Crippen MR) is 87.7 cm³/mol. The topological polar surface area (TPSA) is 83.5 Å². The monoisotopic (exact) mass is 348 g/mol. The van der Waals surface area contributed by atoms with Crippen LogP contribution in [-0.4, -0.2) is 16.0 Å². The van der Waals surface area contributed by atoms with Gasteiger partial charge in [0.1, 0.15) is 5.69 Å². The summed E-state index contributed by atoms with van der Waals surface area (Å²) in [5.74, 6) is 0.00727. The first-order valence-corrected chi connectivity index (χ1v) is 7.24. The number of benzene rings is 1. The summed E-state index contributed by atoms with van der Waals surface area (Å²) in [6.45, 7) is 4.76. The quantitative estimate of drug-likeness (QED) is 0.343. The maximum atomic E-state index is 8.69. The standard InChI is InChI=1S/C15H17BrN4O/c1-9-5-12(16)6-10(2)14(9)19-8-11-3-4-18-13(7-11)15(17)20-21/h3-7,19,21H,8H2,1-2H3,(H2,17,20). The Morgan fingerprint density at radius 2 is 2.00 bits per heavy atom.